The van der Waals surface area contributed by atoms with Crippen molar-refractivity contribution in [2.75, 3.05) is 12.4 Å². The standard InChI is InChI=1S/C19H17ClN2O2S2/c1-10-5-4-6-14(11(10)2)21-19(25)22-18(23)17-16(20)13-8-7-12(24-3)9-15(13)26-17/h4-9H,1-3H3,(H2,21,22,23,25). The molecule has 1 heterocycles. The van der Waals surface area contributed by atoms with E-state index >= 15 is 0 Å². The van der Waals surface area contributed by atoms with Gasteiger partial charge in [-0.05, 0) is 61.5 Å². The molecule has 4 nitrogen and oxygen atoms in total. The number of hydrogen-bond acceptors (Lipinski definition) is 4. The fourth-order valence-electron chi connectivity index (χ4n) is 2.52. The van der Waals surface area contributed by atoms with Crippen LogP contribution >= 0.6 is 35.2 Å². The number of aryl methyl sites for hydroxylation is 1. The molecule has 7 heteroatoms. The second-order valence-corrected chi connectivity index (χ2v) is 7.60. The number of anilines is 1. The number of amides is 1. The number of rotatable bonds is 3. The molecule has 1 aromatic heterocycles. The van der Waals surface area contributed by atoms with Crippen LogP contribution in [0.15, 0.2) is 36.4 Å². The van der Waals surface area contributed by atoms with E-state index in [4.69, 9.17) is 28.6 Å². The number of carbonyl (C=O) groups excluding carboxylic acids is 1. The fraction of sp³-hybridized carbons (Fsp3) is 0.158. The van der Waals surface area contributed by atoms with Gasteiger partial charge in [-0.2, -0.15) is 0 Å². The number of thiocarbonyl (C=S) groups is 1. The predicted molar refractivity (Wildman–Crippen MR) is 113 cm³/mol. The lowest BCUT2D eigenvalue weighted by Crippen LogP contribution is -2.34. The first kappa shape index (κ1) is 18.6. The van der Waals surface area contributed by atoms with E-state index in [9.17, 15) is 4.79 Å². The molecule has 3 aromatic rings. The number of thiophene rings is 1. The van der Waals surface area contributed by atoms with Crippen LogP contribution in [0.3, 0.4) is 0 Å². The van der Waals surface area contributed by atoms with Crippen LogP contribution in [0.4, 0.5) is 5.69 Å². The van der Waals surface area contributed by atoms with E-state index in [-0.39, 0.29) is 11.0 Å². The highest BCUT2D eigenvalue weighted by molar-refractivity contribution is 7.80. The molecule has 2 aromatic carbocycles. The molecule has 0 fully saturated rings. The van der Waals surface area contributed by atoms with Crippen molar-refractivity contribution in [2.24, 2.45) is 0 Å². The maximum atomic E-state index is 12.6. The zero-order valence-electron chi connectivity index (χ0n) is 14.5. The van der Waals surface area contributed by atoms with Gasteiger partial charge in [0.15, 0.2) is 5.11 Å². The van der Waals surface area contributed by atoms with Gasteiger partial charge in [-0.1, -0.05) is 23.7 Å². The van der Waals surface area contributed by atoms with Crippen molar-refractivity contribution in [3.63, 3.8) is 0 Å². The lowest BCUT2D eigenvalue weighted by molar-refractivity contribution is 0.0982. The van der Waals surface area contributed by atoms with E-state index in [2.05, 4.69) is 10.6 Å². The van der Waals surface area contributed by atoms with Gasteiger partial charge in [-0.3, -0.25) is 10.1 Å². The smallest absolute Gasteiger partial charge is 0.269 e. The number of ether oxygens (including phenoxy) is 1. The molecule has 0 atom stereocenters. The van der Waals surface area contributed by atoms with E-state index < -0.39 is 0 Å². The number of halogens is 1. The highest BCUT2D eigenvalue weighted by atomic mass is 35.5. The van der Waals surface area contributed by atoms with E-state index in [0.29, 0.717) is 9.90 Å². The van der Waals surface area contributed by atoms with E-state index in [1.54, 1.807) is 7.11 Å². The van der Waals surface area contributed by atoms with Gasteiger partial charge in [-0.15, -0.1) is 11.3 Å². The molecule has 0 aliphatic carbocycles. The van der Waals surface area contributed by atoms with Crippen LogP contribution < -0.4 is 15.4 Å². The minimum atomic E-state index is -0.335. The van der Waals surface area contributed by atoms with E-state index in [0.717, 1.165) is 32.6 Å². The summed E-state index contributed by atoms with van der Waals surface area (Å²) in [5.74, 6) is 0.382. The fourth-order valence-corrected chi connectivity index (χ4v) is 4.16. The average molecular weight is 405 g/mol. The van der Waals surface area contributed by atoms with Crippen LogP contribution in [0.5, 0.6) is 5.75 Å². The largest absolute Gasteiger partial charge is 0.497 e. The van der Waals surface area contributed by atoms with Crippen molar-refractivity contribution < 1.29 is 9.53 Å². The summed E-state index contributed by atoms with van der Waals surface area (Å²) in [7, 11) is 1.60. The first-order valence-electron chi connectivity index (χ1n) is 7.85. The van der Waals surface area contributed by atoms with Gasteiger partial charge < -0.3 is 10.1 Å². The van der Waals surface area contributed by atoms with Crippen LogP contribution in [0.2, 0.25) is 5.02 Å². The summed E-state index contributed by atoms with van der Waals surface area (Å²) in [4.78, 5) is 13.0. The van der Waals surface area contributed by atoms with Crippen molar-refractivity contribution in [1.29, 1.82) is 0 Å². The molecule has 0 bridgehead atoms. The quantitative estimate of drug-likeness (QED) is 0.581. The van der Waals surface area contributed by atoms with Crippen molar-refractivity contribution >= 4 is 61.9 Å². The Balaban J connectivity index is 1.79. The maximum Gasteiger partial charge on any atom is 0.269 e. The van der Waals surface area contributed by atoms with Crippen LogP contribution in [-0.4, -0.2) is 18.1 Å². The van der Waals surface area contributed by atoms with Crippen LogP contribution in [-0.2, 0) is 0 Å². The zero-order valence-corrected chi connectivity index (χ0v) is 16.9. The number of fused-ring (bicyclic) bond motifs is 1. The lowest BCUT2D eigenvalue weighted by atomic mass is 10.1. The summed E-state index contributed by atoms with van der Waals surface area (Å²) in [6, 6.07) is 11.4. The highest BCUT2D eigenvalue weighted by Crippen LogP contribution is 2.37. The third kappa shape index (κ3) is 3.67. The Morgan fingerprint density at radius 3 is 2.73 bits per heavy atom. The maximum absolute atomic E-state index is 12.6. The first-order valence-corrected chi connectivity index (χ1v) is 9.45. The Hall–Kier alpha value is -2.15. The normalized spacial score (nSPS) is 10.6. The molecule has 0 unspecified atom stereocenters. The molecule has 3 rings (SSSR count). The van der Waals surface area contributed by atoms with Crippen molar-refractivity contribution in [2.45, 2.75) is 13.8 Å². The molecule has 0 radical (unpaired) electrons. The van der Waals surface area contributed by atoms with Gasteiger partial charge >= 0.3 is 0 Å². The number of nitrogens with one attached hydrogen (secondary N) is 2. The van der Waals surface area contributed by atoms with Gasteiger partial charge in [0.25, 0.3) is 5.91 Å². The number of hydrogen-bond donors (Lipinski definition) is 2. The minimum Gasteiger partial charge on any atom is -0.497 e. The molecule has 134 valence electrons. The number of carbonyl (C=O) groups is 1. The number of benzene rings is 2. The van der Waals surface area contributed by atoms with Gasteiger partial charge in [-0.25, -0.2) is 0 Å². The van der Waals surface area contributed by atoms with E-state index in [1.165, 1.54) is 11.3 Å². The van der Waals surface area contributed by atoms with Crippen molar-refractivity contribution in [1.82, 2.24) is 5.32 Å². The Labute approximate surface area is 166 Å². The SMILES string of the molecule is COc1ccc2c(Cl)c(C(=O)NC(=S)Nc3cccc(C)c3C)sc2c1. The zero-order chi connectivity index (χ0) is 18.8. The minimum absolute atomic E-state index is 0.231. The summed E-state index contributed by atoms with van der Waals surface area (Å²) in [6.07, 6.45) is 0. The molecule has 0 aliphatic rings. The topological polar surface area (TPSA) is 50.4 Å². The Morgan fingerprint density at radius 2 is 2.00 bits per heavy atom. The molecular weight excluding hydrogens is 388 g/mol. The van der Waals surface area contributed by atoms with Crippen molar-refractivity contribution in [3.8, 4) is 5.75 Å². The second-order valence-electron chi connectivity index (χ2n) is 5.76. The van der Waals surface area contributed by atoms with Crippen LogP contribution in [0.1, 0.15) is 20.8 Å². The van der Waals surface area contributed by atoms with Crippen molar-refractivity contribution in [3.05, 3.63) is 57.4 Å². The third-order valence-electron chi connectivity index (χ3n) is 4.12. The Bertz CT molecular complexity index is 1010. The number of methoxy groups -OCH3 is 1. The van der Waals surface area contributed by atoms with Gasteiger partial charge in [0.05, 0.1) is 12.1 Å². The Morgan fingerprint density at radius 1 is 1.23 bits per heavy atom. The summed E-state index contributed by atoms with van der Waals surface area (Å²) >= 11 is 13.0. The molecule has 26 heavy (non-hydrogen) atoms. The van der Waals surface area contributed by atoms with Crippen LogP contribution in [0, 0.1) is 13.8 Å². The average Bonchev–Trinajstić information content (AvgIpc) is 2.95. The third-order valence-corrected chi connectivity index (χ3v) is 5.98. The lowest BCUT2D eigenvalue weighted by Gasteiger charge is -2.12. The van der Waals surface area contributed by atoms with E-state index in [1.807, 2.05) is 50.2 Å². The molecule has 2 N–H and O–H groups in total. The summed E-state index contributed by atoms with van der Waals surface area (Å²) < 4.78 is 6.10. The molecule has 0 spiro atoms. The first-order chi connectivity index (χ1) is 12.4. The van der Waals surface area contributed by atoms with Gasteiger partial charge in [0.1, 0.15) is 10.6 Å². The molecule has 0 aliphatic heterocycles. The monoisotopic (exact) mass is 404 g/mol. The van der Waals surface area contributed by atoms with Crippen LogP contribution in [0.25, 0.3) is 10.1 Å². The molecule has 0 saturated heterocycles. The summed E-state index contributed by atoms with van der Waals surface area (Å²) in [6.45, 7) is 4.02. The molecule has 1 amide bonds. The van der Waals surface area contributed by atoms with Gasteiger partial charge in [0.2, 0.25) is 0 Å². The summed E-state index contributed by atoms with van der Waals surface area (Å²) in [5.41, 5.74) is 3.09. The molecule has 0 saturated carbocycles. The predicted octanol–water partition coefficient (Wildman–Crippen LogP) is 5.31. The molecular formula is C19H17ClN2O2S2. The van der Waals surface area contributed by atoms with Gasteiger partial charge in [0, 0.05) is 15.8 Å². The Kier molecular flexibility index (Phi) is 5.46. The second kappa shape index (κ2) is 7.61. The summed E-state index contributed by atoms with van der Waals surface area (Å²) in [5, 5.41) is 7.23. The highest BCUT2D eigenvalue weighted by Gasteiger charge is 2.18.